The molecule has 1 fully saturated rings. The number of halogens is 2. The van der Waals surface area contributed by atoms with Crippen molar-refractivity contribution in [2.75, 3.05) is 6.54 Å². The van der Waals surface area contributed by atoms with E-state index in [-0.39, 0.29) is 5.91 Å². The third kappa shape index (κ3) is 3.52. The number of rotatable bonds is 3. The molecule has 2 atom stereocenters. The number of nitrogens with zero attached hydrogens (tertiary/aromatic N) is 1. The van der Waals surface area contributed by atoms with Crippen LogP contribution >= 0.6 is 31.9 Å². The maximum Gasteiger partial charge on any atom is 0.252 e. The fourth-order valence-corrected chi connectivity index (χ4v) is 3.22. The molecule has 2 rings (SSSR count). The number of carbonyl (C=O) groups is 1. The minimum absolute atomic E-state index is 0.0506. The van der Waals surface area contributed by atoms with Gasteiger partial charge in [0.2, 0.25) is 0 Å². The first kappa shape index (κ1) is 13.0. The Morgan fingerprint density at radius 1 is 1.47 bits per heavy atom. The van der Waals surface area contributed by atoms with E-state index in [1.54, 1.807) is 18.5 Å². The molecule has 5 heteroatoms. The molecule has 0 saturated heterocycles. The van der Waals surface area contributed by atoms with Crippen molar-refractivity contribution in [1.82, 2.24) is 10.3 Å². The average Bonchev–Trinajstić information content (AvgIpc) is 2.72. The number of aromatic nitrogens is 1. The summed E-state index contributed by atoms with van der Waals surface area (Å²) in [6.07, 6.45) is 6.89. The van der Waals surface area contributed by atoms with Gasteiger partial charge in [-0.05, 0) is 40.8 Å². The maximum atomic E-state index is 11.9. The van der Waals surface area contributed by atoms with E-state index in [2.05, 4.69) is 42.2 Å². The highest BCUT2D eigenvalue weighted by Gasteiger charge is 2.25. The summed E-state index contributed by atoms with van der Waals surface area (Å²) < 4.78 is 0.824. The summed E-state index contributed by atoms with van der Waals surface area (Å²) in [6, 6.07) is 1.78. The van der Waals surface area contributed by atoms with E-state index < -0.39 is 0 Å². The zero-order chi connectivity index (χ0) is 12.3. The van der Waals surface area contributed by atoms with Gasteiger partial charge in [0.05, 0.1) is 5.56 Å². The lowest BCUT2D eigenvalue weighted by molar-refractivity contribution is 0.0947. The van der Waals surface area contributed by atoms with Gasteiger partial charge >= 0.3 is 0 Å². The average molecular weight is 362 g/mol. The molecule has 2 unspecified atom stereocenters. The van der Waals surface area contributed by atoms with Crippen LogP contribution in [-0.2, 0) is 0 Å². The summed E-state index contributed by atoms with van der Waals surface area (Å²) in [6.45, 7) is 0.737. The van der Waals surface area contributed by atoms with Crippen LogP contribution in [0.2, 0.25) is 0 Å². The maximum absolute atomic E-state index is 11.9. The van der Waals surface area contributed by atoms with E-state index in [0.29, 0.717) is 16.3 Å². The predicted octanol–water partition coefficient (Wildman–Crippen LogP) is 3.14. The van der Waals surface area contributed by atoms with Crippen LogP contribution in [0, 0.1) is 5.92 Å². The fraction of sp³-hybridized carbons (Fsp3) is 0.500. The second-order valence-corrected chi connectivity index (χ2v) is 6.40. The Bertz CT molecular complexity index is 411. The SMILES string of the molecule is O=C(NCC1CCCC1Br)c1cncc(Br)c1. The van der Waals surface area contributed by atoms with Crippen molar-refractivity contribution in [2.24, 2.45) is 5.92 Å². The third-order valence-electron chi connectivity index (χ3n) is 3.06. The minimum Gasteiger partial charge on any atom is -0.352 e. The molecule has 1 N–H and O–H groups in total. The van der Waals surface area contributed by atoms with Crippen molar-refractivity contribution in [3.05, 3.63) is 28.5 Å². The zero-order valence-corrected chi connectivity index (χ0v) is 12.5. The van der Waals surface area contributed by atoms with E-state index in [9.17, 15) is 4.79 Å². The van der Waals surface area contributed by atoms with Crippen LogP contribution in [0.4, 0.5) is 0 Å². The summed E-state index contributed by atoms with van der Waals surface area (Å²) in [4.78, 5) is 16.4. The number of pyridine rings is 1. The van der Waals surface area contributed by atoms with Gasteiger partial charge in [0.15, 0.2) is 0 Å². The molecule has 0 aromatic carbocycles. The normalized spacial score (nSPS) is 23.6. The topological polar surface area (TPSA) is 42.0 Å². The molecule has 0 bridgehead atoms. The first-order valence-corrected chi connectivity index (χ1v) is 7.40. The number of nitrogens with one attached hydrogen (secondary N) is 1. The summed E-state index contributed by atoms with van der Waals surface area (Å²) in [7, 11) is 0. The molecule has 1 aliphatic carbocycles. The summed E-state index contributed by atoms with van der Waals surface area (Å²) in [5, 5.41) is 2.97. The molecule has 1 amide bonds. The molecule has 92 valence electrons. The lowest BCUT2D eigenvalue weighted by Crippen LogP contribution is -2.31. The van der Waals surface area contributed by atoms with Gasteiger partial charge in [-0.2, -0.15) is 0 Å². The lowest BCUT2D eigenvalue weighted by Gasteiger charge is -2.14. The van der Waals surface area contributed by atoms with Crippen LogP contribution in [0.15, 0.2) is 22.9 Å². The number of carbonyl (C=O) groups excluding carboxylic acids is 1. The third-order valence-corrected chi connectivity index (χ3v) is 4.70. The van der Waals surface area contributed by atoms with Gasteiger partial charge in [0.1, 0.15) is 0 Å². The highest BCUT2D eigenvalue weighted by molar-refractivity contribution is 9.10. The van der Waals surface area contributed by atoms with E-state index in [1.165, 1.54) is 19.3 Å². The van der Waals surface area contributed by atoms with Crippen molar-refractivity contribution >= 4 is 37.8 Å². The summed E-state index contributed by atoms with van der Waals surface area (Å²) in [5.74, 6) is 0.504. The van der Waals surface area contributed by atoms with Gasteiger partial charge in [0.25, 0.3) is 5.91 Å². The van der Waals surface area contributed by atoms with Gasteiger partial charge in [-0.3, -0.25) is 9.78 Å². The highest BCUT2D eigenvalue weighted by atomic mass is 79.9. The number of hydrogen-bond donors (Lipinski definition) is 1. The standard InChI is InChI=1S/C12H14Br2N2O/c13-10-4-9(5-15-7-10)12(17)16-6-8-2-1-3-11(8)14/h4-5,7-8,11H,1-3,6H2,(H,16,17). The van der Waals surface area contributed by atoms with Gasteiger partial charge < -0.3 is 5.32 Å². The molecular weight excluding hydrogens is 348 g/mol. The van der Waals surface area contributed by atoms with Gasteiger partial charge in [0, 0.05) is 28.2 Å². The molecule has 0 radical (unpaired) electrons. The Balaban J connectivity index is 1.89. The van der Waals surface area contributed by atoms with Crippen molar-refractivity contribution in [2.45, 2.75) is 24.1 Å². The Morgan fingerprint density at radius 3 is 2.94 bits per heavy atom. The van der Waals surface area contributed by atoms with Gasteiger partial charge in [-0.25, -0.2) is 0 Å². The van der Waals surface area contributed by atoms with E-state index in [1.807, 2.05) is 0 Å². The molecule has 0 spiro atoms. The van der Waals surface area contributed by atoms with Crippen LogP contribution < -0.4 is 5.32 Å². The largest absolute Gasteiger partial charge is 0.352 e. The molecule has 1 aromatic rings. The Hall–Kier alpha value is -0.420. The highest BCUT2D eigenvalue weighted by Crippen LogP contribution is 2.30. The van der Waals surface area contributed by atoms with Crippen molar-refractivity contribution < 1.29 is 4.79 Å². The first-order chi connectivity index (χ1) is 8.16. The number of amides is 1. The zero-order valence-electron chi connectivity index (χ0n) is 9.33. The van der Waals surface area contributed by atoms with Crippen LogP contribution in [0.1, 0.15) is 29.6 Å². The van der Waals surface area contributed by atoms with Gasteiger partial charge in [-0.15, -0.1) is 0 Å². The smallest absolute Gasteiger partial charge is 0.252 e. The van der Waals surface area contributed by atoms with E-state index in [4.69, 9.17) is 0 Å². The Morgan fingerprint density at radius 2 is 2.29 bits per heavy atom. The molecule has 1 aliphatic rings. The quantitative estimate of drug-likeness (QED) is 0.840. The van der Waals surface area contributed by atoms with Crippen molar-refractivity contribution in [3.63, 3.8) is 0 Å². The monoisotopic (exact) mass is 360 g/mol. The molecular formula is C12H14Br2N2O. The first-order valence-electron chi connectivity index (χ1n) is 5.69. The van der Waals surface area contributed by atoms with Crippen LogP contribution in [0.3, 0.4) is 0 Å². The number of hydrogen-bond acceptors (Lipinski definition) is 2. The molecule has 1 saturated carbocycles. The summed E-state index contributed by atoms with van der Waals surface area (Å²) in [5.41, 5.74) is 0.600. The van der Waals surface area contributed by atoms with Gasteiger partial charge in [-0.1, -0.05) is 22.4 Å². The van der Waals surface area contributed by atoms with Crippen molar-refractivity contribution in [3.8, 4) is 0 Å². The molecule has 3 nitrogen and oxygen atoms in total. The second kappa shape index (κ2) is 5.96. The fourth-order valence-electron chi connectivity index (χ4n) is 2.08. The Labute approximate surface area is 118 Å². The predicted molar refractivity (Wildman–Crippen MR) is 74.3 cm³/mol. The summed E-state index contributed by atoms with van der Waals surface area (Å²) >= 11 is 6.96. The minimum atomic E-state index is -0.0506. The lowest BCUT2D eigenvalue weighted by atomic mass is 10.1. The Kier molecular flexibility index (Phi) is 4.56. The molecule has 1 aromatic heterocycles. The molecule has 1 heterocycles. The molecule has 0 aliphatic heterocycles. The van der Waals surface area contributed by atoms with Crippen molar-refractivity contribution in [1.29, 1.82) is 0 Å². The van der Waals surface area contributed by atoms with E-state index in [0.717, 1.165) is 11.0 Å². The van der Waals surface area contributed by atoms with Crippen LogP contribution in [0.25, 0.3) is 0 Å². The number of alkyl halides is 1. The second-order valence-electron chi connectivity index (χ2n) is 4.31. The van der Waals surface area contributed by atoms with Crippen LogP contribution in [-0.4, -0.2) is 22.3 Å². The van der Waals surface area contributed by atoms with E-state index >= 15 is 0 Å². The molecule has 17 heavy (non-hydrogen) atoms. The van der Waals surface area contributed by atoms with Crippen LogP contribution in [0.5, 0.6) is 0 Å².